The fraction of sp³-hybridized carbons (Fsp3) is 0.519. The molecule has 1 aromatic carbocycles. The Morgan fingerprint density at radius 2 is 1.80 bits per heavy atom. The summed E-state index contributed by atoms with van der Waals surface area (Å²) < 4.78 is 10.8. The van der Waals surface area contributed by atoms with Crippen LogP contribution in [-0.2, 0) is 19.1 Å². The maximum absolute atomic E-state index is 12.7. The van der Waals surface area contributed by atoms with E-state index >= 15 is 0 Å². The number of thiophene rings is 1. The van der Waals surface area contributed by atoms with E-state index in [1.165, 1.54) is 30.6 Å². The number of alkyl halides is 1. The van der Waals surface area contributed by atoms with Crippen LogP contribution in [0.2, 0.25) is 0 Å². The summed E-state index contributed by atoms with van der Waals surface area (Å²) in [6.45, 7) is 1.60. The number of rotatable bonds is 8. The molecule has 1 heterocycles. The summed E-state index contributed by atoms with van der Waals surface area (Å²) in [6, 6.07) is 11.4. The van der Waals surface area contributed by atoms with Gasteiger partial charge < -0.3 is 14.8 Å². The molecule has 4 saturated carbocycles. The van der Waals surface area contributed by atoms with E-state index in [4.69, 9.17) is 9.47 Å². The van der Waals surface area contributed by atoms with Crippen molar-refractivity contribution >= 4 is 50.8 Å². The summed E-state index contributed by atoms with van der Waals surface area (Å²) in [5, 5.41) is 2.75. The number of carbonyl (C=O) groups excluding carboxylic acids is 3. The molecule has 186 valence electrons. The van der Waals surface area contributed by atoms with Gasteiger partial charge in [-0.15, -0.1) is 11.3 Å². The van der Waals surface area contributed by atoms with Crippen molar-refractivity contribution in [2.24, 2.45) is 17.3 Å². The van der Waals surface area contributed by atoms with Crippen molar-refractivity contribution in [1.82, 2.24) is 0 Å². The van der Waals surface area contributed by atoms with E-state index in [1.54, 1.807) is 13.0 Å². The largest absolute Gasteiger partial charge is 0.462 e. The van der Waals surface area contributed by atoms with Crippen molar-refractivity contribution in [3.63, 3.8) is 0 Å². The molecule has 6 nitrogen and oxygen atoms in total. The quantitative estimate of drug-likeness (QED) is 0.307. The molecule has 1 aromatic heterocycles. The molecule has 4 bridgehead atoms. The maximum Gasteiger partial charge on any atom is 0.350 e. The fourth-order valence-electron chi connectivity index (χ4n) is 6.81. The van der Waals surface area contributed by atoms with Crippen molar-refractivity contribution in [2.75, 3.05) is 18.5 Å². The van der Waals surface area contributed by atoms with Crippen LogP contribution in [0.15, 0.2) is 36.4 Å². The number of nitrogens with one attached hydrogen (secondary N) is 1. The van der Waals surface area contributed by atoms with Crippen LogP contribution in [0.5, 0.6) is 0 Å². The van der Waals surface area contributed by atoms with Gasteiger partial charge in [0, 0.05) is 9.20 Å². The Balaban J connectivity index is 1.21. The number of hydrogen-bond donors (Lipinski definition) is 1. The van der Waals surface area contributed by atoms with E-state index in [0.29, 0.717) is 28.8 Å². The van der Waals surface area contributed by atoms with E-state index in [0.717, 1.165) is 29.7 Å². The van der Waals surface area contributed by atoms with Gasteiger partial charge in [0.15, 0.2) is 6.61 Å². The third-order valence-corrected chi connectivity index (χ3v) is 9.61. The van der Waals surface area contributed by atoms with Gasteiger partial charge in [-0.05, 0) is 74.3 Å². The molecule has 1 amide bonds. The van der Waals surface area contributed by atoms with Crippen molar-refractivity contribution in [3.8, 4) is 10.4 Å². The van der Waals surface area contributed by atoms with Crippen LogP contribution in [-0.4, -0.2) is 35.4 Å². The highest BCUT2D eigenvalue weighted by Crippen LogP contribution is 2.65. The SMILES string of the molecule is CCOC(=O)c1sc(-c2ccccc2)cc1NC(=O)COC(=O)CC12C[C@@H]3C[C@@H](CC(Br)(C3)C1)C2. The number of halogens is 1. The average Bonchev–Trinajstić information content (AvgIpc) is 3.20. The summed E-state index contributed by atoms with van der Waals surface area (Å²) in [7, 11) is 0. The van der Waals surface area contributed by atoms with Gasteiger partial charge in [-0.2, -0.15) is 0 Å². The number of ether oxygens (including phenoxy) is 2. The van der Waals surface area contributed by atoms with Crippen molar-refractivity contribution in [3.05, 3.63) is 41.3 Å². The Morgan fingerprint density at radius 3 is 2.46 bits per heavy atom. The van der Waals surface area contributed by atoms with Gasteiger partial charge in [-0.1, -0.05) is 46.3 Å². The summed E-state index contributed by atoms with van der Waals surface area (Å²) in [5.74, 6) is 0.0937. The lowest BCUT2D eigenvalue weighted by Crippen LogP contribution is -2.53. The summed E-state index contributed by atoms with van der Waals surface area (Å²) in [5.41, 5.74) is 1.31. The zero-order valence-electron chi connectivity index (χ0n) is 19.8. The molecule has 2 aromatic rings. The molecule has 0 spiro atoms. The van der Waals surface area contributed by atoms with Crippen LogP contribution in [0, 0.1) is 17.3 Å². The van der Waals surface area contributed by atoms with Gasteiger partial charge in [-0.25, -0.2) is 4.79 Å². The van der Waals surface area contributed by atoms with E-state index in [1.807, 2.05) is 30.3 Å². The lowest BCUT2D eigenvalue weighted by atomic mass is 9.49. The average molecular weight is 561 g/mol. The van der Waals surface area contributed by atoms with Crippen LogP contribution in [0.25, 0.3) is 10.4 Å². The zero-order chi connectivity index (χ0) is 24.6. The lowest BCUT2D eigenvalue weighted by molar-refractivity contribution is -0.153. The first-order chi connectivity index (χ1) is 16.8. The van der Waals surface area contributed by atoms with Crippen molar-refractivity contribution in [1.29, 1.82) is 0 Å². The molecule has 0 radical (unpaired) electrons. The van der Waals surface area contributed by atoms with E-state index in [-0.39, 0.29) is 28.9 Å². The molecule has 8 heteroatoms. The Kier molecular flexibility index (Phi) is 6.79. The molecule has 4 aliphatic rings. The van der Waals surface area contributed by atoms with Crippen LogP contribution >= 0.6 is 27.3 Å². The highest BCUT2D eigenvalue weighted by atomic mass is 79.9. The third-order valence-electron chi connectivity index (χ3n) is 7.52. The molecule has 0 saturated heterocycles. The van der Waals surface area contributed by atoms with Crippen LogP contribution in [0.1, 0.15) is 61.5 Å². The van der Waals surface area contributed by atoms with Gasteiger partial charge in [0.2, 0.25) is 0 Å². The normalized spacial score (nSPS) is 28.5. The third kappa shape index (κ3) is 5.33. The minimum Gasteiger partial charge on any atom is -0.462 e. The Labute approximate surface area is 217 Å². The first-order valence-electron chi connectivity index (χ1n) is 12.3. The molecule has 4 atom stereocenters. The second-order valence-electron chi connectivity index (χ2n) is 10.4. The number of carbonyl (C=O) groups is 3. The number of anilines is 1. The molecule has 6 rings (SSSR count). The van der Waals surface area contributed by atoms with Gasteiger partial charge in [-0.3, -0.25) is 9.59 Å². The Hall–Kier alpha value is -2.19. The molecule has 2 unspecified atom stereocenters. The molecular formula is C27H30BrNO5S. The highest BCUT2D eigenvalue weighted by molar-refractivity contribution is 9.10. The zero-order valence-corrected chi connectivity index (χ0v) is 22.2. The van der Waals surface area contributed by atoms with E-state index < -0.39 is 11.9 Å². The molecule has 4 fully saturated rings. The summed E-state index contributed by atoms with van der Waals surface area (Å²) >= 11 is 5.24. The second-order valence-corrected chi connectivity index (χ2v) is 13.2. The van der Waals surface area contributed by atoms with Crippen LogP contribution in [0.4, 0.5) is 5.69 Å². The number of amides is 1. The minimum absolute atomic E-state index is 0.00380. The predicted octanol–water partition coefficient (Wildman–Crippen LogP) is 6.20. The van der Waals surface area contributed by atoms with Gasteiger partial charge in [0.25, 0.3) is 5.91 Å². The standard InChI is InChI=1S/C27H30BrNO5S/c1-2-33-25(32)24-20(9-21(35-24)19-6-4-3-5-7-19)29-22(30)15-34-23(31)14-26-10-17-8-18(11-26)13-27(28,12-17)16-26/h3-7,9,17-18H,2,8,10-16H2,1H3,(H,29,30)/t17-,18+,26?,27?. The second kappa shape index (κ2) is 9.69. The predicted molar refractivity (Wildman–Crippen MR) is 139 cm³/mol. The fourth-order valence-corrected chi connectivity index (χ4v) is 9.33. The van der Waals surface area contributed by atoms with Gasteiger partial charge in [0.1, 0.15) is 4.88 Å². The smallest absolute Gasteiger partial charge is 0.350 e. The number of esters is 2. The highest BCUT2D eigenvalue weighted by Gasteiger charge is 2.57. The Morgan fingerprint density at radius 1 is 1.09 bits per heavy atom. The van der Waals surface area contributed by atoms with Crippen molar-refractivity contribution < 1.29 is 23.9 Å². The number of benzene rings is 1. The molecule has 4 aliphatic carbocycles. The van der Waals surface area contributed by atoms with Crippen molar-refractivity contribution in [2.45, 2.75) is 56.2 Å². The summed E-state index contributed by atoms with van der Waals surface area (Å²) in [4.78, 5) is 39.1. The molecule has 1 N–H and O–H groups in total. The van der Waals surface area contributed by atoms with Crippen LogP contribution in [0.3, 0.4) is 0 Å². The first kappa shape index (κ1) is 24.5. The van der Waals surface area contributed by atoms with E-state index in [2.05, 4.69) is 21.2 Å². The van der Waals surface area contributed by atoms with Gasteiger partial charge in [0.05, 0.1) is 18.7 Å². The minimum atomic E-state index is -0.488. The van der Waals surface area contributed by atoms with E-state index in [9.17, 15) is 14.4 Å². The first-order valence-corrected chi connectivity index (χ1v) is 13.9. The Bertz CT molecular complexity index is 1120. The lowest BCUT2D eigenvalue weighted by Gasteiger charge is -2.60. The molecule has 35 heavy (non-hydrogen) atoms. The number of hydrogen-bond acceptors (Lipinski definition) is 6. The molecular weight excluding hydrogens is 530 g/mol. The maximum atomic E-state index is 12.7. The van der Waals surface area contributed by atoms with Gasteiger partial charge >= 0.3 is 11.9 Å². The monoisotopic (exact) mass is 559 g/mol. The van der Waals surface area contributed by atoms with Crippen LogP contribution < -0.4 is 5.32 Å². The topological polar surface area (TPSA) is 81.7 Å². The molecule has 0 aliphatic heterocycles. The summed E-state index contributed by atoms with van der Waals surface area (Å²) in [6.07, 6.45) is 7.23.